The Morgan fingerprint density at radius 2 is 2.18 bits per heavy atom. The van der Waals surface area contributed by atoms with Crippen LogP contribution < -0.4 is 5.32 Å². The summed E-state index contributed by atoms with van der Waals surface area (Å²) in [4.78, 5) is 19.1. The number of hydrogen-bond acceptors (Lipinski definition) is 5. The van der Waals surface area contributed by atoms with E-state index in [2.05, 4.69) is 20.6 Å². The minimum Gasteiger partial charge on any atom is -0.332 e. The van der Waals surface area contributed by atoms with E-state index in [1.807, 2.05) is 42.9 Å². The molecule has 0 saturated heterocycles. The topological polar surface area (TPSA) is 89.1 Å². The van der Waals surface area contributed by atoms with Gasteiger partial charge in [-0.05, 0) is 37.5 Å². The average molecular weight is 378 g/mol. The fraction of sp³-hybridized carbons (Fsp3) is 0.400. The molecule has 2 aliphatic rings. The lowest BCUT2D eigenvalue weighted by molar-refractivity contribution is 0.206. The third-order valence-corrected chi connectivity index (χ3v) is 5.39. The lowest BCUT2D eigenvalue weighted by Crippen LogP contribution is -2.39. The van der Waals surface area contributed by atoms with E-state index in [4.69, 9.17) is 4.52 Å². The third-order valence-electron chi connectivity index (χ3n) is 5.39. The molecular formula is C20H22N6O2. The molecule has 1 aromatic carbocycles. The van der Waals surface area contributed by atoms with Crippen LogP contribution in [0.2, 0.25) is 0 Å². The summed E-state index contributed by atoms with van der Waals surface area (Å²) in [5.74, 6) is 1.63. The van der Waals surface area contributed by atoms with Gasteiger partial charge in [-0.2, -0.15) is 10.1 Å². The van der Waals surface area contributed by atoms with Gasteiger partial charge < -0.3 is 14.7 Å². The second-order valence-electron chi connectivity index (χ2n) is 7.60. The summed E-state index contributed by atoms with van der Waals surface area (Å²) in [6.45, 7) is 3.11. The van der Waals surface area contributed by atoms with Gasteiger partial charge in [0.15, 0.2) is 11.5 Å². The number of nitrogens with one attached hydrogen (secondary N) is 1. The van der Waals surface area contributed by atoms with Crippen molar-refractivity contribution in [1.29, 1.82) is 0 Å². The number of amides is 2. The minimum absolute atomic E-state index is 0.116. The fourth-order valence-corrected chi connectivity index (χ4v) is 3.70. The highest BCUT2D eigenvalue weighted by Gasteiger charge is 2.32. The van der Waals surface area contributed by atoms with Crippen LogP contribution >= 0.6 is 0 Å². The van der Waals surface area contributed by atoms with Gasteiger partial charge in [0, 0.05) is 42.9 Å². The zero-order valence-corrected chi connectivity index (χ0v) is 16.0. The normalized spacial score (nSPS) is 16.1. The minimum atomic E-state index is -0.116. The SMILES string of the molecule is Cc1cccc(NC(=O)N2CCc3c(c(-c4nc(C5CC5)no4)nn3C)C2)c1. The van der Waals surface area contributed by atoms with Crippen LogP contribution in [0.5, 0.6) is 0 Å². The molecule has 0 radical (unpaired) electrons. The summed E-state index contributed by atoms with van der Waals surface area (Å²) in [5, 5.41) is 11.7. The molecule has 1 saturated carbocycles. The Bertz CT molecular complexity index is 1050. The van der Waals surface area contributed by atoms with E-state index in [0.717, 1.165) is 47.6 Å². The van der Waals surface area contributed by atoms with Crippen molar-refractivity contribution < 1.29 is 9.32 Å². The molecule has 0 unspecified atom stereocenters. The first-order valence-corrected chi connectivity index (χ1v) is 9.60. The van der Waals surface area contributed by atoms with Crippen LogP contribution in [-0.2, 0) is 20.0 Å². The number of carbonyl (C=O) groups is 1. The Balaban J connectivity index is 1.39. The molecule has 2 aromatic heterocycles. The maximum absolute atomic E-state index is 12.8. The molecule has 144 valence electrons. The third kappa shape index (κ3) is 3.04. The number of aryl methyl sites for hydroxylation is 2. The second-order valence-corrected chi connectivity index (χ2v) is 7.60. The first kappa shape index (κ1) is 17.0. The molecule has 8 nitrogen and oxygen atoms in total. The molecule has 8 heteroatoms. The monoisotopic (exact) mass is 378 g/mol. The molecule has 0 atom stereocenters. The standard InChI is InChI=1S/C20H22N6O2/c1-12-4-3-5-14(10-12)21-20(27)26-9-8-16-15(11-26)17(23-25(16)2)19-22-18(24-28-19)13-6-7-13/h3-5,10,13H,6-9,11H2,1-2H3,(H,21,27). The number of anilines is 1. The summed E-state index contributed by atoms with van der Waals surface area (Å²) >= 11 is 0. The summed E-state index contributed by atoms with van der Waals surface area (Å²) in [6.07, 6.45) is 2.97. The summed E-state index contributed by atoms with van der Waals surface area (Å²) < 4.78 is 7.34. The Morgan fingerprint density at radius 3 is 2.96 bits per heavy atom. The molecule has 2 amide bonds. The Labute approximate surface area is 162 Å². The van der Waals surface area contributed by atoms with Crippen LogP contribution in [-0.4, -0.2) is 37.4 Å². The summed E-state index contributed by atoms with van der Waals surface area (Å²) in [6, 6.07) is 7.68. The maximum atomic E-state index is 12.8. The van der Waals surface area contributed by atoms with E-state index in [9.17, 15) is 4.79 Å². The van der Waals surface area contributed by atoms with Crippen molar-refractivity contribution in [1.82, 2.24) is 24.8 Å². The smallest absolute Gasteiger partial charge is 0.322 e. The number of benzene rings is 1. The predicted molar refractivity (Wildman–Crippen MR) is 103 cm³/mol. The Hall–Kier alpha value is -3.16. The molecule has 3 aromatic rings. The molecule has 1 N–H and O–H groups in total. The van der Waals surface area contributed by atoms with Crippen molar-refractivity contribution in [3.8, 4) is 11.6 Å². The number of urea groups is 1. The number of rotatable bonds is 3. The lowest BCUT2D eigenvalue weighted by atomic mass is 10.1. The molecule has 0 spiro atoms. The largest absolute Gasteiger partial charge is 0.332 e. The van der Waals surface area contributed by atoms with Gasteiger partial charge in [0.25, 0.3) is 5.89 Å². The van der Waals surface area contributed by atoms with E-state index >= 15 is 0 Å². The first-order valence-electron chi connectivity index (χ1n) is 9.60. The van der Waals surface area contributed by atoms with Crippen molar-refractivity contribution in [3.63, 3.8) is 0 Å². The highest BCUT2D eigenvalue weighted by Crippen LogP contribution is 2.39. The van der Waals surface area contributed by atoms with Crippen LogP contribution in [0.3, 0.4) is 0 Å². The summed E-state index contributed by atoms with van der Waals surface area (Å²) in [5.41, 5.74) is 4.69. The zero-order chi connectivity index (χ0) is 19.3. The number of nitrogens with zero attached hydrogens (tertiary/aromatic N) is 5. The molecule has 3 heterocycles. The lowest BCUT2D eigenvalue weighted by Gasteiger charge is -2.27. The van der Waals surface area contributed by atoms with Crippen molar-refractivity contribution in [2.24, 2.45) is 7.05 Å². The average Bonchev–Trinajstić information content (AvgIpc) is 3.33. The first-order chi connectivity index (χ1) is 13.6. The molecule has 1 aliphatic heterocycles. The number of carbonyl (C=O) groups excluding carboxylic acids is 1. The zero-order valence-electron chi connectivity index (χ0n) is 16.0. The predicted octanol–water partition coefficient (Wildman–Crippen LogP) is 3.25. The Kier molecular flexibility index (Phi) is 3.92. The van der Waals surface area contributed by atoms with Gasteiger partial charge in [0.2, 0.25) is 0 Å². The van der Waals surface area contributed by atoms with E-state index in [1.165, 1.54) is 0 Å². The van der Waals surface area contributed by atoms with Crippen LogP contribution in [0.4, 0.5) is 10.5 Å². The molecule has 1 fully saturated rings. The van der Waals surface area contributed by atoms with Crippen molar-refractivity contribution in [3.05, 3.63) is 46.9 Å². The van der Waals surface area contributed by atoms with Gasteiger partial charge in [0.05, 0.1) is 6.54 Å². The van der Waals surface area contributed by atoms with Gasteiger partial charge in [-0.15, -0.1) is 0 Å². The van der Waals surface area contributed by atoms with Crippen LogP contribution in [0, 0.1) is 6.92 Å². The van der Waals surface area contributed by atoms with Crippen molar-refractivity contribution in [2.75, 3.05) is 11.9 Å². The van der Waals surface area contributed by atoms with E-state index < -0.39 is 0 Å². The molecule has 1 aliphatic carbocycles. The number of hydrogen-bond donors (Lipinski definition) is 1. The quantitative estimate of drug-likeness (QED) is 0.756. The molecule has 0 bridgehead atoms. The molecule has 28 heavy (non-hydrogen) atoms. The highest BCUT2D eigenvalue weighted by atomic mass is 16.5. The van der Waals surface area contributed by atoms with Gasteiger partial charge >= 0.3 is 6.03 Å². The Morgan fingerprint density at radius 1 is 1.32 bits per heavy atom. The second kappa shape index (κ2) is 6.47. The molecule has 5 rings (SSSR count). The van der Waals surface area contributed by atoms with Crippen molar-refractivity contribution in [2.45, 2.75) is 38.6 Å². The summed E-state index contributed by atoms with van der Waals surface area (Å²) in [7, 11) is 1.92. The number of aromatic nitrogens is 4. The van der Waals surface area contributed by atoms with Gasteiger partial charge in [-0.1, -0.05) is 17.3 Å². The van der Waals surface area contributed by atoms with E-state index in [1.54, 1.807) is 4.90 Å². The van der Waals surface area contributed by atoms with E-state index in [-0.39, 0.29) is 6.03 Å². The van der Waals surface area contributed by atoms with E-state index in [0.29, 0.717) is 30.6 Å². The van der Waals surface area contributed by atoms with Crippen LogP contribution in [0.15, 0.2) is 28.8 Å². The van der Waals surface area contributed by atoms with Gasteiger partial charge in [-0.3, -0.25) is 4.68 Å². The van der Waals surface area contributed by atoms with Gasteiger partial charge in [0.1, 0.15) is 0 Å². The number of fused-ring (bicyclic) bond motifs is 1. The fourth-order valence-electron chi connectivity index (χ4n) is 3.70. The highest BCUT2D eigenvalue weighted by molar-refractivity contribution is 5.89. The van der Waals surface area contributed by atoms with Crippen LogP contribution in [0.1, 0.15) is 41.4 Å². The van der Waals surface area contributed by atoms with Crippen LogP contribution in [0.25, 0.3) is 11.6 Å². The van der Waals surface area contributed by atoms with Gasteiger partial charge in [-0.25, -0.2) is 4.79 Å². The molecular weight excluding hydrogens is 356 g/mol. The maximum Gasteiger partial charge on any atom is 0.322 e. The van der Waals surface area contributed by atoms with Crippen molar-refractivity contribution >= 4 is 11.7 Å².